The number of piperidine rings is 1. The van der Waals surface area contributed by atoms with E-state index in [1.165, 1.54) is 23.9 Å². The third kappa shape index (κ3) is 13.8. The summed E-state index contributed by atoms with van der Waals surface area (Å²) >= 11 is 7.51. The van der Waals surface area contributed by atoms with E-state index in [0.29, 0.717) is 81.9 Å². The fourth-order valence-corrected chi connectivity index (χ4v) is 11.7. The van der Waals surface area contributed by atoms with Gasteiger partial charge in [0, 0.05) is 78.8 Å². The van der Waals surface area contributed by atoms with Crippen LogP contribution in [0.1, 0.15) is 62.1 Å². The highest BCUT2D eigenvalue weighted by atomic mass is 35.5. The molecule has 71 heavy (non-hydrogen) atoms. The van der Waals surface area contributed by atoms with Crippen molar-refractivity contribution in [2.75, 3.05) is 61.8 Å². The van der Waals surface area contributed by atoms with Crippen LogP contribution in [0.2, 0.25) is 5.02 Å². The summed E-state index contributed by atoms with van der Waals surface area (Å²) in [5.41, 5.74) is -3.53. The molecule has 20 heteroatoms. The minimum absolute atomic E-state index is 0.0297. The van der Waals surface area contributed by atoms with Crippen LogP contribution in [0.4, 0.5) is 29.3 Å². The lowest BCUT2D eigenvalue weighted by Crippen LogP contribution is -2.50. The Balaban J connectivity index is 1.02. The first-order chi connectivity index (χ1) is 33.6. The maximum atomic E-state index is 14.3. The summed E-state index contributed by atoms with van der Waals surface area (Å²) in [4.78, 5) is 30.5. The van der Waals surface area contributed by atoms with E-state index < -0.39 is 70.6 Å². The van der Waals surface area contributed by atoms with Gasteiger partial charge in [-0.3, -0.25) is 9.69 Å². The molecular weight excluding hydrogens is 999 g/mol. The van der Waals surface area contributed by atoms with Crippen LogP contribution in [0.5, 0.6) is 0 Å². The molecule has 0 aliphatic carbocycles. The summed E-state index contributed by atoms with van der Waals surface area (Å²) in [5.74, 6) is -0.812. The maximum absolute atomic E-state index is 14.3. The van der Waals surface area contributed by atoms with Crippen molar-refractivity contribution in [1.82, 2.24) is 14.5 Å². The van der Waals surface area contributed by atoms with Gasteiger partial charge < -0.3 is 25.0 Å². The summed E-state index contributed by atoms with van der Waals surface area (Å²) in [6.45, 7) is 8.78. The van der Waals surface area contributed by atoms with Crippen molar-refractivity contribution in [1.29, 1.82) is 0 Å². The van der Waals surface area contributed by atoms with Gasteiger partial charge >= 0.3 is 11.6 Å². The molecule has 2 fully saturated rings. The summed E-state index contributed by atoms with van der Waals surface area (Å²) in [7, 11) is -11.0. The molecule has 0 unspecified atom stereocenters. The van der Waals surface area contributed by atoms with Crippen molar-refractivity contribution < 1.29 is 49.4 Å². The highest BCUT2D eigenvalue weighted by molar-refractivity contribution is 7.99. The molecule has 3 N–H and O–H groups in total. The van der Waals surface area contributed by atoms with Gasteiger partial charge in [0.1, 0.15) is 10.5 Å². The maximum Gasteiger partial charge on any atom is 0.501 e. The molecule has 0 bridgehead atoms. The van der Waals surface area contributed by atoms with E-state index in [9.17, 15) is 44.7 Å². The quantitative estimate of drug-likeness (QED) is 0.0803. The number of carbonyl (C=O) groups excluding carboxylic acids is 2. The van der Waals surface area contributed by atoms with Crippen molar-refractivity contribution in [3.63, 3.8) is 0 Å². The minimum atomic E-state index is -6.13. The number of aliphatic hydroxyl groups is 1. The van der Waals surface area contributed by atoms with Gasteiger partial charge in [-0.25, -0.2) is 26.4 Å². The normalized spacial score (nSPS) is 16.3. The van der Waals surface area contributed by atoms with E-state index in [0.717, 1.165) is 39.4 Å². The van der Waals surface area contributed by atoms with E-state index in [1.807, 2.05) is 83.6 Å². The third-order valence-electron chi connectivity index (χ3n) is 12.4. The number of anilines is 2. The SMILES string of the molecule is CC(C)(C)OC(=O)N1CCN(CC[C@H](CSc2ccccc2)Nc2ccc(S(=O)(=O)NC(=O)c3ccc(N4CCC([C@@H](O)c5ccccc5-c5ccc(Cl)cc5)CC4)cc3)cc2S(=O)(=O)C(F)(F)F)CC1. The predicted octanol–water partition coefficient (Wildman–Crippen LogP) is 9.88. The molecule has 5 aromatic rings. The average Bonchev–Trinajstić information content (AvgIpc) is 3.34. The molecule has 0 spiro atoms. The topological polar surface area (TPSA) is 166 Å². The molecule has 5 aromatic carbocycles. The average molecular weight is 1060 g/mol. The van der Waals surface area contributed by atoms with Crippen LogP contribution in [-0.4, -0.2) is 112 Å². The van der Waals surface area contributed by atoms with Gasteiger partial charge in [0.15, 0.2) is 0 Å². The molecule has 2 aliphatic heterocycles. The highest BCUT2D eigenvalue weighted by Gasteiger charge is 2.48. The lowest BCUT2D eigenvalue weighted by Gasteiger charge is -2.36. The largest absolute Gasteiger partial charge is 0.501 e. The lowest BCUT2D eigenvalue weighted by molar-refractivity contribution is -0.0436. The predicted molar refractivity (Wildman–Crippen MR) is 271 cm³/mol. The number of hydrogen-bond donors (Lipinski definition) is 3. The van der Waals surface area contributed by atoms with Crippen LogP contribution in [0.25, 0.3) is 11.1 Å². The summed E-state index contributed by atoms with van der Waals surface area (Å²) < 4.78 is 104. The fraction of sp³-hybridized carbons (Fsp3) is 0.373. The Hall–Kier alpha value is -5.31. The van der Waals surface area contributed by atoms with Crippen molar-refractivity contribution in [2.45, 2.75) is 78.0 Å². The van der Waals surface area contributed by atoms with E-state index >= 15 is 0 Å². The second-order valence-electron chi connectivity index (χ2n) is 18.5. The van der Waals surface area contributed by atoms with E-state index in [1.54, 1.807) is 37.8 Å². The molecule has 0 saturated carbocycles. The molecule has 2 amide bonds. The number of nitrogens with zero attached hydrogens (tertiary/aromatic N) is 3. The van der Waals surface area contributed by atoms with Crippen LogP contribution in [0, 0.1) is 5.92 Å². The first kappa shape index (κ1) is 53.5. The Bertz CT molecular complexity index is 2860. The molecule has 0 radical (unpaired) electrons. The summed E-state index contributed by atoms with van der Waals surface area (Å²) in [6, 6.07) is 32.3. The van der Waals surface area contributed by atoms with Crippen molar-refractivity contribution >= 4 is 66.6 Å². The number of carbonyl (C=O) groups is 2. The molecule has 2 aliphatic rings. The number of sulfone groups is 1. The van der Waals surface area contributed by atoms with Crippen molar-refractivity contribution in [2.24, 2.45) is 5.92 Å². The number of amides is 2. The Morgan fingerprint density at radius 2 is 1.45 bits per heavy atom. The number of rotatable bonds is 16. The lowest BCUT2D eigenvalue weighted by atomic mass is 9.84. The highest BCUT2D eigenvalue weighted by Crippen LogP contribution is 2.39. The molecule has 7 rings (SSSR count). The van der Waals surface area contributed by atoms with Gasteiger partial charge in [-0.15, -0.1) is 11.8 Å². The first-order valence-electron chi connectivity index (χ1n) is 23.1. The number of aliphatic hydroxyl groups excluding tert-OH is 1. The van der Waals surface area contributed by atoms with Crippen LogP contribution in [0.15, 0.2) is 136 Å². The van der Waals surface area contributed by atoms with Crippen LogP contribution >= 0.6 is 23.4 Å². The van der Waals surface area contributed by atoms with Crippen LogP contribution in [-0.2, 0) is 24.6 Å². The number of alkyl halides is 3. The number of sulfonamides is 1. The van der Waals surface area contributed by atoms with Gasteiger partial charge in [-0.2, -0.15) is 13.2 Å². The fourth-order valence-electron chi connectivity index (χ4n) is 8.52. The summed E-state index contributed by atoms with van der Waals surface area (Å²) in [5, 5.41) is 15.1. The standard InChI is InChI=1S/C51H57ClF3N5O8S3/c1-50(2,3)68-49(63)60-31-29-58(30-32-60)26-25-39(34-69-41-9-5-4-6-10-41)56-45-22-21-42(33-46(45)70(64,65)51(53,54)55)71(66,67)57-48(62)37-15-19-40(20-16-37)59-27-23-36(24-28-59)47(61)44-12-8-7-11-43(44)35-13-17-38(52)18-14-35/h4-22,33,36,39,47,56,61H,23-32,34H2,1-3H3,(H,57,62)/t39-,47-/m1/s1. The summed E-state index contributed by atoms with van der Waals surface area (Å²) in [6.07, 6.45) is 0.535. The Kier molecular flexibility index (Phi) is 17.0. The molecule has 2 atom stereocenters. The van der Waals surface area contributed by atoms with E-state index in [-0.39, 0.29) is 11.5 Å². The zero-order valence-electron chi connectivity index (χ0n) is 39.4. The minimum Gasteiger partial charge on any atom is -0.444 e. The number of halogens is 4. The Labute approximate surface area is 422 Å². The van der Waals surface area contributed by atoms with Gasteiger partial charge in [0.05, 0.1) is 16.7 Å². The Morgan fingerprint density at radius 3 is 2.08 bits per heavy atom. The van der Waals surface area contributed by atoms with Crippen molar-refractivity contribution in [3.8, 4) is 11.1 Å². The number of nitrogens with one attached hydrogen (secondary N) is 2. The monoisotopic (exact) mass is 1060 g/mol. The molecule has 380 valence electrons. The zero-order valence-corrected chi connectivity index (χ0v) is 42.6. The molecule has 2 heterocycles. The third-order valence-corrected chi connectivity index (χ3v) is 16.7. The molecule has 13 nitrogen and oxygen atoms in total. The zero-order chi connectivity index (χ0) is 51.1. The van der Waals surface area contributed by atoms with E-state index in [2.05, 4.69) is 15.1 Å². The van der Waals surface area contributed by atoms with Gasteiger partial charge in [0.25, 0.3) is 25.8 Å². The molecular formula is C51H57ClF3N5O8S3. The second kappa shape index (κ2) is 22.6. The van der Waals surface area contributed by atoms with Gasteiger partial charge in [-0.1, -0.05) is 66.2 Å². The van der Waals surface area contributed by atoms with E-state index in [4.69, 9.17) is 16.3 Å². The smallest absolute Gasteiger partial charge is 0.444 e. The van der Waals surface area contributed by atoms with Gasteiger partial charge in [-0.05, 0) is 129 Å². The van der Waals surface area contributed by atoms with Gasteiger partial charge in [0.2, 0.25) is 0 Å². The molecule has 0 aromatic heterocycles. The number of ether oxygens (including phenoxy) is 1. The molecule has 2 saturated heterocycles. The number of piperazine rings is 1. The van der Waals surface area contributed by atoms with Crippen LogP contribution in [0.3, 0.4) is 0 Å². The number of benzene rings is 5. The number of hydrogen-bond acceptors (Lipinski definition) is 12. The second-order valence-corrected chi connectivity index (χ2v) is 23.6. The van der Waals surface area contributed by atoms with Crippen LogP contribution < -0.4 is 14.9 Å². The van der Waals surface area contributed by atoms with Crippen molar-refractivity contribution in [3.05, 3.63) is 137 Å². The number of thioether (sulfide) groups is 1. The first-order valence-corrected chi connectivity index (χ1v) is 27.5. The Morgan fingerprint density at radius 1 is 0.817 bits per heavy atom.